The van der Waals surface area contributed by atoms with E-state index in [9.17, 15) is 24.9 Å². The quantitative estimate of drug-likeness (QED) is 0.493. The van der Waals surface area contributed by atoms with Gasteiger partial charge in [0.25, 0.3) is 0 Å². The van der Waals surface area contributed by atoms with Gasteiger partial charge in [-0.1, -0.05) is 6.92 Å². The largest absolute Gasteiger partial charge is 0.457 e. The summed E-state index contributed by atoms with van der Waals surface area (Å²) < 4.78 is 11.0. The molecule has 0 aromatic carbocycles. The molecule has 0 unspecified atom stereocenters. The predicted octanol–water partition coefficient (Wildman–Crippen LogP) is 1.11. The summed E-state index contributed by atoms with van der Waals surface area (Å²) >= 11 is 0. The number of hydrogen-bond donors (Lipinski definition) is 3. The molecule has 1 aliphatic heterocycles. The maximum atomic E-state index is 12.7. The van der Waals surface area contributed by atoms with E-state index in [1.165, 1.54) is 13.8 Å². The van der Waals surface area contributed by atoms with E-state index >= 15 is 0 Å². The lowest BCUT2D eigenvalue weighted by Crippen LogP contribution is -2.68. The Kier molecular flexibility index (Phi) is 4.41. The van der Waals surface area contributed by atoms with Gasteiger partial charge < -0.3 is 24.8 Å². The summed E-state index contributed by atoms with van der Waals surface area (Å²) in [5, 5.41) is 32.7. The van der Waals surface area contributed by atoms with E-state index in [-0.39, 0.29) is 18.9 Å². The summed E-state index contributed by atoms with van der Waals surface area (Å²) in [6.07, 6.45) is -0.0205. The van der Waals surface area contributed by atoms with Crippen molar-refractivity contribution >= 4 is 11.8 Å². The van der Waals surface area contributed by atoms with Crippen LogP contribution in [-0.2, 0) is 19.1 Å². The standard InChI is InChI=1S/C20H32O7/c1-11-19(6,27-11)15(22)26-14-7-8-17(4)10-13(21)20(25,16(2,3)23)9-12(17)18(14,5)24/h11-12,14,23-25H,7-10H2,1-6H3/t11-,12+,14+,17+,18-,19-,20+/m0/s1. The lowest BCUT2D eigenvalue weighted by molar-refractivity contribution is -0.234. The van der Waals surface area contributed by atoms with E-state index in [2.05, 4.69) is 0 Å². The van der Waals surface area contributed by atoms with Crippen molar-refractivity contribution in [2.45, 2.75) is 102 Å². The van der Waals surface area contributed by atoms with Crippen molar-refractivity contribution in [1.29, 1.82) is 0 Å². The summed E-state index contributed by atoms with van der Waals surface area (Å²) in [7, 11) is 0. The third-order valence-corrected chi connectivity index (χ3v) is 7.51. The fourth-order valence-corrected chi connectivity index (χ4v) is 5.01. The molecule has 3 aliphatic rings. The molecular weight excluding hydrogens is 352 g/mol. The van der Waals surface area contributed by atoms with Gasteiger partial charge in [0.05, 0.1) is 11.7 Å². The Labute approximate surface area is 160 Å². The number of fused-ring (bicyclic) bond motifs is 1. The smallest absolute Gasteiger partial charge is 0.341 e. The van der Waals surface area contributed by atoms with Crippen molar-refractivity contribution in [3.05, 3.63) is 0 Å². The van der Waals surface area contributed by atoms with Gasteiger partial charge in [-0.15, -0.1) is 0 Å². The summed E-state index contributed by atoms with van der Waals surface area (Å²) in [5.74, 6) is -1.43. The van der Waals surface area contributed by atoms with Gasteiger partial charge in [0.15, 0.2) is 17.0 Å². The van der Waals surface area contributed by atoms with Crippen LogP contribution >= 0.6 is 0 Å². The van der Waals surface area contributed by atoms with Crippen LogP contribution in [0.25, 0.3) is 0 Å². The number of epoxide rings is 1. The molecule has 0 aromatic heterocycles. The number of carbonyl (C=O) groups excluding carboxylic acids is 2. The molecule has 1 saturated heterocycles. The summed E-state index contributed by atoms with van der Waals surface area (Å²) in [6, 6.07) is 0. The highest BCUT2D eigenvalue weighted by molar-refractivity contribution is 5.90. The highest BCUT2D eigenvalue weighted by Gasteiger charge is 2.65. The molecule has 154 valence electrons. The first-order valence-corrected chi connectivity index (χ1v) is 9.67. The SMILES string of the molecule is C[C@@H]1O[C@]1(C)C(=O)O[C@@H]1CC[C@]2(C)CC(=O)[C@@](O)(C(C)(C)O)C[C@H]2[C@]1(C)O. The van der Waals surface area contributed by atoms with Crippen LogP contribution in [0.5, 0.6) is 0 Å². The van der Waals surface area contributed by atoms with Crippen LogP contribution in [0.4, 0.5) is 0 Å². The molecule has 1 heterocycles. The van der Waals surface area contributed by atoms with Crippen molar-refractivity contribution in [3.63, 3.8) is 0 Å². The molecule has 3 fully saturated rings. The average molecular weight is 384 g/mol. The number of carbonyl (C=O) groups is 2. The first-order chi connectivity index (χ1) is 12.1. The van der Waals surface area contributed by atoms with Crippen LogP contribution in [0.15, 0.2) is 0 Å². The molecule has 7 heteroatoms. The Bertz CT molecular complexity index is 666. The maximum absolute atomic E-state index is 12.7. The zero-order chi connectivity index (χ0) is 20.6. The molecule has 27 heavy (non-hydrogen) atoms. The zero-order valence-electron chi connectivity index (χ0n) is 17.0. The second-order valence-electron chi connectivity index (χ2n) is 9.96. The first-order valence-electron chi connectivity index (χ1n) is 9.67. The predicted molar refractivity (Wildman–Crippen MR) is 95.8 cm³/mol. The van der Waals surface area contributed by atoms with Gasteiger partial charge in [-0.25, -0.2) is 4.79 Å². The van der Waals surface area contributed by atoms with Crippen LogP contribution in [0.2, 0.25) is 0 Å². The molecule has 2 aliphatic carbocycles. The molecule has 0 spiro atoms. The maximum Gasteiger partial charge on any atom is 0.341 e. The van der Waals surface area contributed by atoms with E-state index in [0.717, 1.165) is 0 Å². The monoisotopic (exact) mass is 384 g/mol. The molecule has 3 rings (SSSR count). The van der Waals surface area contributed by atoms with Crippen LogP contribution in [0.1, 0.15) is 67.2 Å². The molecular formula is C20H32O7. The number of esters is 1. The second-order valence-corrected chi connectivity index (χ2v) is 9.96. The van der Waals surface area contributed by atoms with Crippen molar-refractivity contribution in [2.75, 3.05) is 0 Å². The third-order valence-electron chi connectivity index (χ3n) is 7.51. The van der Waals surface area contributed by atoms with E-state index in [4.69, 9.17) is 9.47 Å². The Balaban J connectivity index is 1.87. The topological polar surface area (TPSA) is 117 Å². The van der Waals surface area contributed by atoms with Gasteiger partial charge in [0.1, 0.15) is 11.7 Å². The lowest BCUT2D eigenvalue weighted by atomic mass is 9.50. The summed E-state index contributed by atoms with van der Waals surface area (Å²) in [4.78, 5) is 25.1. The van der Waals surface area contributed by atoms with Gasteiger partial charge in [-0.05, 0) is 59.3 Å². The normalized spacial score (nSPS) is 50.1. The molecule has 0 amide bonds. The molecule has 3 N–H and O–H groups in total. The lowest BCUT2D eigenvalue weighted by Gasteiger charge is -2.58. The number of aliphatic hydroxyl groups is 3. The van der Waals surface area contributed by atoms with E-state index < -0.39 is 51.6 Å². The van der Waals surface area contributed by atoms with Gasteiger partial charge in [0, 0.05) is 12.3 Å². The Hall–Kier alpha value is -1.02. The van der Waals surface area contributed by atoms with Gasteiger partial charge >= 0.3 is 5.97 Å². The molecule has 7 atom stereocenters. The molecule has 7 nitrogen and oxygen atoms in total. The van der Waals surface area contributed by atoms with E-state index in [0.29, 0.717) is 12.8 Å². The second kappa shape index (κ2) is 5.75. The summed E-state index contributed by atoms with van der Waals surface area (Å²) in [6.45, 7) is 9.75. The van der Waals surface area contributed by atoms with E-state index in [1.807, 2.05) is 6.92 Å². The first kappa shape index (κ1) is 20.7. The fraction of sp³-hybridized carbons (Fsp3) is 0.900. The Morgan fingerprint density at radius 2 is 1.81 bits per heavy atom. The van der Waals surface area contributed by atoms with Crippen molar-refractivity contribution in [1.82, 2.24) is 0 Å². The van der Waals surface area contributed by atoms with Gasteiger partial charge in [-0.2, -0.15) is 0 Å². The van der Waals surface area contributed by atoms with Crippen LogP contribution in [0.3, 0.4) is 0 Å². The number of ether oxygens (including phenoxy) is 2. The fourth-order valence-electron chi connectivity index (χ4n) is 5.01. The minimum Gasteiger partial charge on any atom is -0.457 e. The van der Waals surface area contributed by atoms with Crippen molar-refractivity contribution in [2.24, 2.45) is 11.3 Å². The number of ketones is 1. The van der Waals surface area contributed by atoms with Gasteiger partial charge in [-0.3, -0.25) is 4.79 Å². The minimum absolute atomic E-state index is 0.0623. The number of Topliss-reactive ketones (excluding diaryl/α,β-unsaturated/α-hetero) is 1. The molecule has 0 aromatic rings. The Morgan fingerprint density at radius 3 is 2.30 bits per heavy atom. The average Bonchev–Trinajstić information content (AvgIpc) is 3.13. The highest BCUT2D eigenvalue weighted by Crippen LogP contribution is 2.57. The van der Waals surface area contributed by atoms with Crippen LogP contribution < -0.4 is 0 Å². The van der Waals surface area contributed by atoms with E-state index in [1.54, 1.807) is 20.8 Å². The minimum atomic E-state index is -1.95. The van der Waals surface area contributed by atoms with Crippen molar-refractivity contribution < 1.29 is 34.4 Å². The highest BCUT2D eigenvalue weighted by atomic mass is 16.7. The third kappa shape index (κ3) is 2.94. The zero-order valence-corrected chi connectivity index (χ0v) is 17.0. The van der Waals surface area contributed by atoms with Gasteiger partial charge in [0.2, 0.25) is 0 Å². The molecule has 2 saturated carbocycles. The van der Waals surface area contributed by atoms with Crippen LogP contribution in [-0.4, -0.2) is 61.7 Å². The number of rotatable bonds is 3. The molecule has 0 radical (unpaired) electrons. The molecule has 0 bridgehead atoms. The Morgan fingerprint density at radius 1 is 1.26 bits per heavy atom. The van der Waals surface area contributed by atoms with Crippen LogP contribution in [0, 0.1) is 11.3 Å². The van der Waals surface area contributed by atoms with Crippen molar-refractivity contribution in [3.8, 4) is 0 Å². The number of hydrogen-bond acceptors (Lipinski definition) is 7. The summed E-state index contributed by atoms with van der Waals surface area (Å²) in [5.41, 5.74) is -6.55.